The largest absolute Gasteiger partial charge is 0.489 e. The summed E-state index contributed by atoms with van der Waals surface area (Å²) in [6.07, 6.45) is 1.32. The molecule has 0 aliphatic rings. The molecule has 2 aromatic carbocycles. The van der Waals surface area contributed by atoms with Crippen LogP contribution in [0.4, 0.5) is 5.13 Å². The number of nitrogens with zero attached hydrogens (tertiary/aromatic N) is 1. The average molecular weight is 489 g/mol. The summed E-state index contributed by atoms with van der Waals surface area (Å²) < 4.78 is 17.6. The van der Waals surface area contributed by atoms with Crippen molar-refractivity contribution in [1.29, 1.82) is 0 Å². The van der Waals surface area contributed by atoms with Crippen LogP contribution >= 0.6 is 23.1 Å². The van der Waals surface area contributed by atoms with Gasteiger partial charge in [0.2, 0.25) is 0 Å². The number of carbonyl (C=O) groups excluding carboxylic acids is 1. The van der Waals surface area contributed by atoms with Gasteiger partial charge in [-0.2, -0.15) is 0 Å². The summed E-state index contributed by atoms with van der Waals surface area (Å²) in [4.78, 5) is 27.8. The SMILES string of the molecule is COCC(C)Oc1cc(OCc2ccccc2)cc(C(=O)Nc2ncc(SCC(=O)O)s2)c1. The summed E-state index contributed by atoms with van der Waals surface area (Å²) in [5.74, 6) is -0.401. The van der Waals surface area contributed by atoms with Crippen molar-refractivity contribution < 1.29 is 28.9 Å². The lowest BCUT2D eigenvalue weighted by molar-refractivity contribution is -0.133. The molecule has 10 heteroatoms. The van der Waals surface area contributed by atoms with Crippen LogP contribution in [-0.4, -0.2) is 47.5 Å². The van der Waals surface area contributed by atoms with E-state index in [1.54, 1.807) is 25.3 Å². The Morgan fingerprint density at radius 3 is 2.67 bits per heavy atom. The molecule has 0 radical (unpaired) electrons. The number of benzene rings is 2. The number of ether oxygens (including phenoxy) is 3. The molecule has 174 valence electrons. The number of carboxylic acids is 1. The van der Waals surface area contributed by atoms with Gasteiger partial charge in [-0.3, -0.25) is 14.9 Å². The quantitative estimate of drug-likeness (QED) is 0.357. The maximum atomic E-state index is 12.9. The number of thiazole rings is 1. The maximum absolute atomic E-state index is 12.9. The molecule has 1 heterocycles. The Bertz CT molecular complexity index is 1070. The number of aromatic nitrogens is 1. The van der Waals surface area contributed by atoms with Gasteiger partial charge in [0.25, 0.3) is 5.91 Å². The Morgan fingerprint density at radius 1 is 1.18 bits per heavy atom. The van der Waals surface area contributed by atoms with Crippen LogP contribution in [0.2, 0.25) is 0 Å². The first-order chi connectivity index (χ1) is 15.9. The topological polar surface area (TPSA) is 107 Å². The van der Waals surface area contributed by atoms with Crippen molar-refractivity contribution >= 4 is 40.1 Å². The lowest BCUT2D eigenvalue weighted by atomic mass is 10.2. The summed E-state index contributed by atoms with van der Waals surface area (Å²) in [6.45, 7) is 2.61. The van der Waals surface area contributed by atoms with Crippen LogP contribution in [0.15, 0.2) is 58.9 Å². The van der Waals surface area contributed by atoms with Crippen LogP contribution in [0.5, 0.6) is 11.5 Å². The van der Waals surface area contributed by atoms with Crippen molar-refractivity contribution in [2.75, 3.05) is 24.8 Å². The van der Waals surface area contributed by atoms with Gasteiger partial charge in [-0.25, -0.2) is 4.98 Å². The van der Waals surface area contributed by atoms with Gasteiger partial charge in [0.1, 0.15) is 24.2 Å². The van der Waals surface area contributed by atoms with Crippen LogP contribution in [0.3, 0.4) is 0 Å². The fourth-order valence-electron chi connectivity index (χ4n) is 2.78. The van der Waals surface area contributed by atoms with Gasteiger partial charge in [0.05, 0.1) is 22.8 Å². The summed E-state index contributed by atoms with van der Waals surface area (Å²) in [5, 5.41) is 11.9. The van der Waals surface area contributed by atoms with Crippen LogP contribution in [0.25, 0.3) is 0 Å². The lowest BCUT2D eigenvalue weighted by Crippen LogP contribution is -2.18. The van der Waals surface area contributed by atoms with E-state index in [2.05, 4.69) is 10.3 Å². The van der Waals surface area contributed by atoms with E-state index in [1.807, 2.05) is 37.3 Å². The Balaban J connectivity index is 1.75. The van der Waals surface area contributed by atoms with Crippen molar-refractivity contribution in [1.82, 2.24) is 4.98 Å². The maximum Gasteiger partial charge on any atom is 0.313 e. The van der Waals surface area contributed by atoms with Gasteiger partial charge in [-0.05, 0) is 24.6 Å². The third kappa shape index (κ3) is 8.08. The Morgan fingerprint density at radius 2 is 1.94 bits per heavy atom. The Labute approximate surface area is 199 Å². The molecule has 0 aliphatic heterocycles. The van der Waals surface area contributed by atoms with Crippen LogP contribution in [0, 0.1) is 0 Å². The predicted molar refractivity (Wildman–Crippen MR) is 128 cm³/mol. The molecule has 0 bridgehead atoms. The first-order valence-corrected chi connectivity index (χ1v) is 11.8. The Kier molecular flexibility index (Phi) is 9.11. The van der Waals surface area contributed by atoms with E-state index < -0.39 is 5.97 Å². The van der Waals surface area contributed by atoms with Gasteiger partial charge in [-0.1, -0.05) is 41.7 Å². The molecule has 3 rings (SSSR count). The first-order valence-electron chi connectivity index (χ1n) is 10.0. The molecule has 2 N–H and O–H groups in total. The zero-order valence-electron chi connectivity index (χ0n) is 18.1. The van der Waals surface area contributed by atoms with E-state index in [0.717, 1.165) is 17.3 Å². The molecule has 33 heavy (non-hydrogen) atoms. The van der Waals surface area contributed by atoms with E-state index in [1.165, 1.54) is 17.5 Å². The number of nitrogens with one attached hydrogen (secondary N) is 1. The monoisotopic (exact) mass is 488 g/mol. The molecular weight excluding hydrogens is 464 g/mol. The molecule has 1 atom stereocenters. The number of carbonyl (C=O) groups is 2. The van der Waals surface area contributed by atoms with Gasteiger partial charge in [0.15, 0.2) is 5.13 Å². The van der Waals surface area contributed by atoms with Gasteiger partial charge < -0.3 is 19.3 Å². The molecule has 1 amide bonds. The predicted octanol–water partition coefficient (Wildman–Crippen LogP) is 4.56. The number of amides is 1. The van der Waals surface area contributed by atoms with Gasteiger partial charge >= 0.3 is 5.97 Å². The van der Waals surface area contributed by atoms with Crippen molar-refractivity contribution in [2.45, 2.75) is 23.8 Å². The molecule has 0 spiro atoms. The highest BCUT2D eigenvalue weighted by atomic mass is 32.2. The molecule has 0 saturated carbocycles. The summed E-state index contributed by atoms with van der Waals surface area (Å²) >= 11 is 2.35. The molecule has 8 nitrogen and oxygen atoms in total. The third-order valence-corrected chi connectivity index (χ3v) is 6.26. The number of rotatable bonds is 12. The first kappa shape index (κ1) is 24.6. The van der Waals surface area contributed by atoms with Gasteiger partial charge in [-0.15, -0.1) is 11.8 Å². The summed E-state index contributed by atoms with van der Waals surface area (Å²) in [6, 6.07) is 14.7. The minimum absolute atomic E-state index is 0.0727. The molecule has 0 saturated heterocycles. The smallest absolute Gasteiger partial charge is 0.313 e. The van der Waals surface area contributed by atoms with Crippen molar-refractivity contribution in [3.8, 4) is 11.5 Å². The molecule has 3 aromatic rings. The number of thioether (sulfide) groups is 1. The molecule has 1 aromatic heterocycles. The second-order valence-corrected chi connectivity index (χ2v) is 9.28. The standard InChI is InChI=1S/C23H24N2O6S2/c1-15(12-29-2)31-19-9-17(8-18(10-19)30-13-16-6-4-3-5-7-16)22(28)25-23-24-11-21(33-23)32-14-20(26)27/h3-11,15H,12-14H2,1-2H3,(H,26,27)(H,24,25,28). The summed E-state index contributed by atoms with van der Waals surface area (Å²) in [7, 11) is 1.59. The number of carboxylic acid groups (broad SMARTS) is 1. The van der Waals surface area contributed by atoms with E-state index >= 15 is 0 Å². The van der Waals surface area contributed by atoms with Gasteiger partial charge in [0, 0.05) is 18.7 Å². The Hall–Kier alpha value is -3.08. The second kappa shape index (κ2) is 12.2. The fraction of sp³-hybridized carbons (Fsp3) is 0.261. The summed E-state index contributed by atoms with van der Waals surface area (Å²) in [5.41, 5.74) is 1.34. The highest BCUT2D eigenvalue weighted by molar-refractivity contribution is 8.01. The van der Waals surface area contributed by atoms with Crippen molar-refractivity contribution in [2.24, 2.45) is 0 Å². The fourth-order valence-corrected chi connectivity index (χ4v) is 4.37. The number of anilines is 1. The van der Waals surface area contributed by atoms with E-state index in [0.29, 0.717) is 39.6 Å². The normalized spacial score (nSPS) is 11.6. The number of hydrogen-bond donors (Lipinski definition) is 2. The average Bonchev–Trinajstić information content (AvgIpc) is 3.24. The van der Waals surface area contributed by atoms with Crippen molar-refractivity contribution in [3.05, 3.63) is 65.9 Å². The highest BCUT2D eigenvalue weighted by Gasteiger charge is 2.15. The molecular formula is C23H24N2O6S2. The second-order valence-electron chi connectivity index (χ2n) is 6.97. The number of hydrogen-bond acceptors (Lipinski definition) is 8. The number of methoxy groups -OCH3 is 1. The number of aliphatic carboxylic acids is 1. The molecule has 0 fully saturated rings. The zero-order chi connectivity index (χ0) is 23.6. The van der Waals surface area contributed by atoms with Crippen LogP contribution in [0.1, 0.15) is 22.8 Å². The van der Waals surface area contributed by atoms with E-state index in [4.69, 9.17) is 19.3 Å². The third-order valence-electron chi connectivity index (χ3n) is 4.17. The van der Waals surface area contributed by atoms with E-state index in [9.17, 15) is 9.59 Å². The molecule has 0 aliphatic carbocycles. The lowest BCUT2D eigenvalue weighted by Gasteiger charge is -2.16. The minimum Gasteiger partial charge on any atom is -0.489 e. The molecule has 1 unspecified atom stereocenters. The van der Waals surface area contributed by atoms with Crippen molar-refractivity contribution in [3.63, 3.8) is 0 Å². The highest BCUT2D eigenvalue weighted by Crippen LogP contribution is 2.29. The van der Waals surface area contributed by atoms with Crippen LogP contribution in [-0.2, 0) is 16.1 Å². The van der Waals surface area contributed by atoms with E-state index in [-0.39, 0.29) is 17.8 Å². The van der Waals surface area contributed by atoms with Crippen LogP contribution < -0.4 is 14.8 Å². The minimum atomic E-state index is -0.915. The zero-order valence-corrected chi connectivity index (χ0v) is 19.8.